The van der Waals surface area contributed by atoms with E-state index in [1.807, 2.05) is 0 Å². The molecule has 2 aromatic rings. The smallest absolute Gasteiger partial charge is 0.0374 e. The number of hydrogen-bond donors (Lipinski definition) is 1. The third-order valence-corrected chi connectivity index (χ3v) is 3.80. The summed E-state index contributed by atoms with van der Waals surface area (Å²) < 4.78 is 0. The fraction of sp³-hybridized carbons (Fsp3) is 0.200. The fourth-order valence-corrected chi connectivity index (χ4v) is 2.75. The second kappa shape index (κ2) is 4.84. The summed E-state index contributed by atoms with van der Waals surface area (Å²) in [4.78, 5) is 2.51. The number of hydrogen-bond acceptors (Lipinski definition) is 2. The highest BCUT2D eigenvalue weighted by atomic mass is 32.2. The topological polar surface area (TPSA) is 26.0 Å². The highest BCUT2D eigenvalue weighted by Gasteiger charge is 2.03. The Balaban J connectivity index is 2.27. The molecule has 2 rings (SSSR count). The van der Waals surface area contributed by atoms with Gasteiger partial charge in [0.25, 0.3) is 0 Å². The van der Waals surface area contributed by atoms with Crippen LogP contribution in [0, 0.1) is 20.8 Å². The maximum atomic E-state index is 5.95. The molecule has 88 valence electrons. The van der Waals surface area contributed by atoms with Crippen molar-refractivity contribution in [1.82, 2.24) is 0 Å². The van der Waals surface area contributed by atoms with Crippen molar-refractivity contribution in [2.75, 3.05) is 5.73 Å². The molecular weight excluding hydrogens is 226 g/mol. The number of anilines is 1. The van der Waals surface area contributed by atoms with Crippen LogP contribution in [0.3, 0.4) is 0 Å². The van der Waals surface area contributed by atoms with Crippen molar-refractivity contribution in [3.8, 4) is 0 Å². The molecule has 0 amide bonds. The van der Waals surface area contributed by atoms with Gasteiger partial charge in [-0.05, 0) is 56.2 Å². The standard InChI is InChI=1S/C15H17NS/c1-10-4-6-13(7-5-10)17-14-8-11(2)15(16)12(3)9-14/h4-9H,16H2,1-3H3. The average Bonchev–Trinajstić information content (AvgIpc) is 2.29. The van der Waals surface area contributed by atoms with Crippen molar-refractivity contribution in [3.05, 3.63) is 53.1 Å². The second-order valence-corrected chi connectivity index (χ2v) is 5.53. The van der Waals surface area contributed by atoms with Crippen LogP contribution in [0.1, 0.15) is 16.7 Å². The molecule has 0 bridgehead atoms. The Kier molecular flexibility index (Phi) is 3.43. The van der Waals surface area contributed by atoms with E-state index in [0.717, 1.165) is 16.8 Å². The van der Waals surface area contributed by atoms with E-state index in [0.29, 0.717) is 0 Å². The lowest BCUT2D eigenvalue weighted by atomic mass is 10.1. The predicted molar refractivity (Wildman–Crippen MR) is 75.6 cm³/mol. The normalized spacial score (nSPS) is 10.5. The molecule has 2 N–H and O–H groups in total. The molecule has 0 saturated carbocycles. The van der Waals surface area contributed by atoms with Gasteiger partial charge in [0.05, 0.1) is 0 Å². The molecule has 0 atom stereocenters. The minimum Gasteiger partial charge on any atom is -0.398 e. The fourth-order valence-electron chi connectivity index (χ4n) is 1.74. The zero-order chi connectivity index (χ0) is 12.4. The van der Waals surface area contributed by atoms with Crippen LogP contribution in [0.4, 0.5) is 5.69 Å². The van der Waals surface area contributed by atoms with Gasteiger partial charge >= 0.3 is 0 Å². The summed E-state index contributed by atoms with van der Waals surface area (Å²) in [6.07, 6.45) is 0. The van der Waals surface area contributed by atoms with Gasteiger partial charge in [0.2, 0.25) is 0 Å². The van der Waals surface area contributed by atoms with E-state index >= 15 is 0 Å². The molecule has 17 heavy (non-hydrogen) atoms. The van der Waals surface area contributed by atoms with Crippen LogP contribution in [0.15, 0.2) is 46.2 Å². The SMILES string of the molecule is Cc1ccc(Sc2cc(C)c(N)c(C)c2)cc1. The Hall–Kier alpha value is -1.41. The molecule has 2 heteroatoms. The number of rotatable bonds is 2. The van der Waals surface area contributed by atoms with Gasteiger partial charge in [0.1, 0.15) is 0 Å². The van der Waals surface area contributed by atoms with Crippen molar-refractivity contribution in [2.24, 2.45) is 0 Å². The zero-order valence-electron chi connectivity index (χ0n) is 10.4. The lowest BCUT2D eigenvalue weighted by Crippen LogP contribution is -1.93. The van der Waals surface area contributed by atoms with Crippen LogP contribution < -0.4 is 5.73 Å². The van der Waals surface area contributed by atoms with Gasteiger partial charge in [-0.3, -0.25) is 0 Å². The number of nitrogens with two attached hydrogens (primary N) is 1. The molecule has 0 heterocycles. The van der Waals surface area contributed by atoms with E-state index in [-0.39, 0.29) is 0 Å². The molecule has 0 aliphatic heterocycles. The van der Waals surface area contributed by atoms with Crippen LogP contribution in [0.2, 0.25) is 0 Å². The third kappa shape index (κ3) is 2.83. The van der Waals surface area contributed by atoms with Crippen molar-refractivity contribution in [2.45, 2.75) is 30.6 Å². The van der Waals surface area contributed by atoms with Crippen molar-refractivity contribution in [3.63, 3.8) is 0 Å². The van der Waals surface area contributed by atoms with Crippen molar-refractivity contribution in [1.29, 1.82) is 0 Å². The monoisotopic (exact) mass is 243 g/mol. The molecule has 0 fully saturated rings. The van der Waals surface area contributed by atoms with Crippen LogP contribution >= 0.6 is 11.8 Å². The van der Waals surface area contributed by atoms with E-state index in [9.17, 15) is 0 Å². The van der Waals surface area contributed by atoms with Gasteiger partial charge in [-0.25, -0.2) is 0 Å². The molecule has 0 aliphatic carbocycles. The Morgan fingerprint density at radius 3 is 1.88 bits per heavy atom. The summed E-state index contributed by atoms with van der Waals surface area (Å²) >= 11 is 1.78. The maximum absolute atomic E-state index is 5.95. The highest BCUT2D eigenvalue weighted by molar-refractivity contribution is 7.99. The first-order chi connectivity index (χ1) is 8.06. The Morgan fingerprint density at radius 1 is 0.824 bits per heavy atom. The predicted octanol–water partition coefficient (Wildman–Crippen LogP) is 4.35. The minimum atomic E-state index is 0.901. The summed E-state index contributed by atoms with van der Waals surface area (Å²) in [5, 5.41) is 0. The van der Waals surface area contributed by atoms with Crippen LogP contribution in [-0.2, 0) is 0 Å². The second-order valence-electron chi connectivity index (χ2n) is 4.39. The van der Waals surface area contributed by atoms with Crippen LogP contribution in [0.5, 0.6) is 0 Å². The molecular formula is C15H17NS. The molecule has 0 unspecified atom stereocenters. The van der Waals surface area contributed by atoms with Crippen LogP contribution in [0.25, 0.3) is 0 Å². The molecule has 0 radical (unpaired) electrons. The lowest BCUT2D eigenvalue weighted by molar-refractivity contribution is 1.29. The Labute approximate surface area is 107 Å². The highest BCUT2D eigenvalue weighted by Crippen LogP contribution is 2.31. The molecule has 2 aromatic carbocycles. The summed E-state index contributed by atoms with van der Waals surface area (Å²) in [6.45, 7) is 6.22. The van der Waals surface area contributed by atoms with E-state index in [1.54, 1.807) is 11.8 Å². The van der Waals surface area contributed by atoms with E-state index in [1.165, 1.54) is 15.4 Å². The van der Waals surface area contributed by atoms with E-state index in [2.05, 4.69) is 57.2 Å². The first-order valence-corrected chi connectivity index (χ1v) is 6.49. The van der Waals surface area contributed by atoms with Crippen LogP contribution in [-0.4, -0.2) is 0 Å². The molecule has 0 saturated heterocycles. The van der Waals surface area contributed by atoms with Gasteiger partial charge in [-0.15, -0.1) is 0 Å². The first-order valence-electron chi connectivity index (χ1n) is 5.67. The maximum Gasteiger partial charge on any atom is 0.0374 e. The quantitative estimate of drug-likeness (QED) is 0.794. The van der Waals surface area contributed by atoms with Gasteiger partial charge in [-0.2, -0.15) is 0 Å². The Morgan fingerprint density at radius 2 is 1.35 bits per heavy atom. The average molecular weight is 243 g/mol. The Bertz CT molecular complexity index is 506. The van der Waals surface area contributed by atoms with Crippen molar-refractivity contribution >= 4 is 17.4 Å². The first kappa shape index (κ1) is 12.1. The zero-order valence-corrected chi connectivity index (χ0v) is 11.3. The molecule has 0 spiro atoms. The van der Waals surface area contributed by atoms with Gasteiger partial charge in [0, 0.05) is 15.5 Å². The van der Waals surface area contributed by atoms with Gasteiger partial charge < -0.3 is 5.73 Å². The largest absolute Gasteiger partial charge is 0.398 e. The molecule has 1 nitrogen and oxygen atoms in total. The number of benzene rings is 2. The van der Waals surface area contributed by atoms with E-state index < -0.39 is 0 Å². The summed E-state index contributed by atoms with van der Waals surface area (Å²) in [5.41, 5.74) is 10.5. The van der Waals surface area contributed by atoms with Gasteiger partial charge in [0.15, 0.2) is 0 Å². The molecule has 0 aromatic heterocycles. The number of nitrogen functional groups attached to an aromatic ring is 1. The minimum absolute atomic E-state index is 0.901. The third-order valence-electron chi connectivity index (χ3n) is 2.82. The lowest BCUT2D eigenvalue weighted by Gasteiger charge is -2.08. The van der Waals surface area contributed by atoms with Gasteiger partial charge in [-0.1, -0.05) is 29.5 Å². The van der Waals surface area contributed by atoms with Crippen molar-refractivity contribution < 1.29 is 0 Å². The van der Waals surface area contributed by atoms with E-state index in [4.69, 9.17) is 5.73 Å². The number of aryl methyl sites for hydroxylation is 3. The summed E-state index contributed by atoms with van der Waals surface area (Å²) in [6, 6.07) is 12.9. The summed E-state index contributed by atoms with van der Waals surface area (Å²) in [5.74, 6) is 0. The molecule has 0 aliphatic rings. The summed E-state index contributed by atoms with van der Waals surface area (Å²) in [7, 11) is 0.